The van der Waals surface area contributed by atoms with Gasteiger partial charge in [0.25, 0.3) is 5.91 Å². The number of fused-ring (bicyclic) bond motifs is 1. The number of benzene rings is 1. The Morgan fingerprint density at radius 3 is 2.92 bits per heavy atom. The second-order valence-electron chi connectivity index (χ2n) is 6.60. The highest BCUT2D eigenvalue weighted by Gasteiger charge is 2.29. The number of hydrogen-bond donors (Lipinski definition) is 1. The molecule has 0 aliphatic carbocycles. The van der Waals surface area contributed by atoms with Gasteiger partial charge in [-0.25, -0.2) is 13.8 Å². The van der Waals surface area contributed by atoms with Crippen LogP contribution in [0.1, 0.15) is 26.1 Å². The monoisotopic (exact) mass is 349 g/mol. The van der Waals surface area contributed by atoms with Gasteiger partial charge in [0.05, 0.1) is 0 Å². The normalized spacial score (nSPS) is 17.9. The van der Waals surface area contributed by atoms with E-state index in [2.05, 4.69) is 10.3 Å². The number of halogens is 2. The molecule has 3 rings (SSSR count). The van der Waals surface area contributed by atoms with Crippen LogP contribution in [0.3, 0.4) is 0 Å². The molecule has 1 N–H and O–H groups in total. The maximum absolute atomic E-state index is 13.8. The Bertz CT molecular complexity index is 761. The molecule has 25 heavy (non-hydrogen) atoms. The van der Waals surface area contributed by atoms with Crippen molar-refractivity contribution in [3.8, 4) is 5.75 Å². The van der Waals surface area contributed by atoms with E-state index in [1.54, 1.807) is 6.20 Å². The second kappa shape index (κ2) is 7.21. The third kappa shape index (κ3) is 3.97. The lowest BCUT2D eigenvalue weighted by Gasteiger charge is -2.28. The first-order valence-corrected chi connectivity index (χ1v) is 8.36. The molecule has 1 amide bonds. The SMILES string of the molecule is CC(C)[C@@H](Oc1ccc(F)cc1F)C(=O)N[C@@H]1CCc2nccn2C1. The van der Waals surface area contributed by atoms with E-state index in [1.807, 2.05) is 24.6 Å². The van der Waals surface area contributed by atoms with Gasteiger partial charge in [-0.2, -0.15) is 0 Å². The van der Waals surface area contributed by atoms with Gasteiger partial charge < -0.3 is 14.6 Å². The minimum atomic E-state index is -0.857. The maximum atomic E-state index is 13.8. The summed E-state index contributed by atoms with van der Waals surface area (Å²) in [4.78, 5) is 16.9. The van der Waals surface area contributed by atoms with Gasteiger partial charge in [0.1, 0.15) is 11.6 Å². The molecule has 1 aromatic carbocycles. The van der Waals surface area contributed by atoms with Gasteiger partial charge >= 0.3 is 0 Å². The maximum Gasteiger partial charge on any atom is 0.261 e. The Labute approximate surface area is 145 Å². The van der Waals surface area contributed by atoms with E-state index in [-0.39, 0.29) is 23.6 Å². The molecule has 2 atom stereocenters. The number of carbonyl (C=O) groups is 1. The van der Waals surface area contributed by atoms with E-state index in [9.17, 15) is 13.6 Å². The minimum Gasteiger partial charge on any atom is -0.477 e. The van der Waals surface area contributed by atoms with Gasteiger partial charge in [-0.05, 0) is 24.5 Å². The minimum absolute atomic E-state index is 0.0304. The van der Waals surface area contributed by atoms with Crippen LogP contribution >= 0.6 is 0 Å². The fourth-order valence-corrected chi connectivity index (χ4v) is 2.97. The van der Waals surface area contributed by atoms with Crippen LogP contribution in [0.25, 0.3) is 0 Å². The fourth-order valence-electron chi connectivity index (χ4n) is 2.97. The summed E-state index contributed by atoms with van der Waals surface area (Å²) < 4.78 is 34.4. The summed E-state index contributed by atoms with van der Waals surface area (Å²) in [5, 5.41) is 2.97. The molecule has 2 aromatic rings. The molecule has 1 aliphatic heterocycles. The Balaban J connectivity index is 1.67. The molecule has 7 heteroatoms. The van der Waals surface area contributed by atoms with E-state index in [0.717, 1.165) is 30.8 Å². The first-order valence-electron chi connectivity index (χ1n) is 8.36. The lowest BCUT2D eigenvalue weighted by atomic mass is 10.0. The van der Waals surface area contributed by atoms with E-state index < -0.39 is 17.7 Å². The van der Waals surface area contributed by atoms with Crippen molar-refractivity contribution in [2.24, 2.45) is 5.92 Å². The molecule has 0 spiro atoms. The number of nitrogens with one attached hydrogen (secondary N) is 1. The second-order valence-corrected chi connectivity index (χ2v) is 6.60. The van der Waals surface area contributed by atoms with Gasteiger partial charge in [0.2, 0.25) is 0 Å². The lowest BCUT2D eigenvalue weighted by molar-refractivity contribution is -0.130. The van der Waals surface area contributed by atoms with E-state index in [0.29, 0.717) is 6.54 Å². The van der Waals surface area contributed by atoms with Crippen LogP contribution in [0.4, 0.5) is 8.78 Å². The lowest BCUT2D eigenvalue weighted by Crippen LogP contribution is -2.48. The van der Waals surface area contributed by atoms with Crippen molar-refractivity contribution in [3.63, 3.8) is 0 Å². The zero-order valence-corrected chi connectivity index (χ0v) is 14.2. The quantitative estimate of drug-likeness (QED) is 0.903. The number of rotatable bonds is 5. The average Bonchev–Trinajstić information content (AvgIpc) is 3.01. The van der Waals surface area contributed by atoms with Gasteiger partial charge in [-0.3, -0.25) is 4.79 Å². The summed E-state index contributed by atoms with van der Waals surface area (Å²) in [6, 6.07) is 3.02. The standard InChI is InChI=1S/C18H21F2N3O2/c1-11(2)17(25-15-5-3-12(19)9-14(15)20)18(24)22-13-4-6-16-21-7-8-23(16)10-13/h3,5,7-9,11,13,17H,4,6,10H2,1-2H3,(H,22,24)/t13-,17-/m1/s1. The Hall–Kier alpha value is -2.44. The Morgan fingerprint density at radius 1 is 1.40 bits per heavy atom. The average molecular weight is 349 g/mol. The first kappa shape index (κ1) is 17.4. The highest BCUT2D eigenvalue weighted by Crippen LogP contribution is 2.22. The van der Waals surface area contributed by atoms with Gasteiger partial charge in [-0.15, -0.1) is 0 Å². The third-order valence-corrected chi connectivity index (χ3v) is 4.29. The number of carbonyl (C=O) groups excluding carboxylic acids is 1. The van der Waals surface area contributed by atoms with Crippen molar-refractivity contribution in [1.29, 1.82) is 0 Å². The summed E-state index contributed by atoms with van der Waals surface area (Å²) in [5.41, 5.74) is 0. The molecule has 134 valence electrons. The summed E-state index contributed by atoms with van der Waals surface area (Å²) in [6.45, 7) is 4.29. The Morgan fingerprint density at radius 2 is 2.20 bits per heavy atom. The molecular formula is C18H21F2N3O2. The number of hydrogen-bond acceptors (Lipinski definition) is 3. The summed E-state index contributed by atoms with van der Waals surface area (Å²) in [7, 11) is 0. The van der Waals surface area contributed by atoms with E-state index in [1.165, 1.54) is 6.07 Å². The zero-order valence-electron chi connectivity index (χ0n) is 14.2. The predicted molar refractivity (Wildman–Crippen MR) is 88.1 cm³/mol. The third-order valence-electron chi connectivity index (χ3n) is 4.29. The largest absolute Gasteiger partial charge is 0.477 e. The van der Waals surface area contributed by atoms with Crippen LogP contribution in [0.5, 0.6) is 5.75 Å². The van der Waals surface area contributed by atoms with E-state index in [4.69, 9.17) is 4.74 Å². The van der Waals surface area contributed by atoms with Crippen LogP contribution in [-0.4, -0.2) is 27.6 Å². The van der Waals surface area contributed by atoms with Crippen LogP contribution in [0, 0.1) is 17.6 Å². The number of ether oxygens (including phenoxy) is 1. The molecule has 0 unspecified atom stereocenters. The summed E-state index contributed by atoms with van der Waals surface area (Å²) in [6.07, 6.45) is 4.36. The molecule has 0 fully saturated rings. The van der Waals surface area contributed by atoms with Crippen molar-refractivity contribution in [1.82, 2.24) is 14.9 Å². The first-order chi connectivity index (χ1) is 11.9. The highest BCUT2D eigenvalue weighted by atomic mass is 19.1. The van der Waals surface area contributed by atoms with Crippen molar-refractivity contribution in [2.45, 2.75) is 45.4 Å². The molecule has 0 saturated carbocycles. The molecule has 0 radical (unpaired) electrons. The molecule has 2 heterocycles. The van der Waals surface area contributed by atoms with Crippen molar-refractivity contribution < 1.29 is 18.3 Å². The number of imidazole rings is 1. The molecular weight excluding hydrogens is 328 g/mol. The van der Waals surface area contributed by atoms with Crippen molar-refractivity contribution >= 4 is 5.91 Å². The molecule has 5 nitrogen and oxygen atoms in total. The predicted octanol–water partition coefficient (Wildman–Crippen LogP) is 2.70. The smallest absolute Gasteiger partial charge is 0.261 e. The summed E-state index contributed by atoms with van der Waals surface area (Å²) >= 11 is 0. The van der Waals surface area contributed by atoms with Crippen molar-refractivity contribution in [2.75, 3.05) is 0 Å². The molecule has 0 bridgehead atoms. The number of amides is 1. The Kier molecular flexibility index (Phi) is 5.01. The van der Waals surface area contributed by atoms with Crippen LogP contribution in [0.2, 0.25) is 0 Å². The number of aromatic nitrogens is 2. The number of aryl methyl sites for hydroxylation is 1. The van der Waals surface area contributed by atoms with Crippen LogP contribution in [0.15, 0.2) is 30.6 Å². The molecule has 1 aromatic heterocycles. The fraction of sp³-hybridized carbons (Fsp3) is 0.444. The van der Waals surface area contributed by atoms with E-state index >= 15 is 0 Å². The van der Waals surface area contributed by atoms with Crippen LogP contribution < -0.4 is 10.1 Å². The highest BCUT2D eigenvalue weighted by molar-refractivity contribution is 5.81. The van der Waals surface area contributed by atoms with Gasteiger partial charge in [0, 0.05) is 37.5 Å². The zero-order chi connectivity index (χ0) is 18.0. The molecule has 0 saturated heterocycles. The molecule has 1 aliphatic rings. The van der Waals surface area contributed by atoms with Gasteiger partial charge in [-0.1, -0.05) is 13.8 Å². The van der Waals surface area contributed by atoms with Crippen LogP contribution in [-0.2, 0) is 17.8 Å². The topological polar surface area (TPSA) is 56.1 Å². The number of nitrogens with zero attached hydrogens (tertiary/aromatic N) is 2. The summed E-state index contributed by atoms with van der Waals surface area (Å²) in [5.74, 6) is -1.09. The van der Waals surface area contributed by atoms with Gasteiger partial charge in [0.15, 0.2) is 17.7 Å². The van der Waals surface area contributed by atoms with Crippen molar-refractivity contribution in [3.05, 3.63) is 48.1 Å².